The molecule has 0 spiro atoms. The molecule has 3 aromatic carbocycles. The van der Waals surface area contributed by atoms with E-state index < -0.39 is 11.1 Å². The molecule has 1 unspecified atom stereocenters. The first-order valence-corrected chi connectivity index (χ1v) is 11.2. The molecule has 1 saturated heterocycles. The number of imide groups is 1. The maximum absolute atomic E-state index is 13.2. The van der Waals surface area contributed by atoms with E-state index in [4.69, 9.17) is 9.47 Å². The highest BCUT2D eigenvalue weighted by Gasteiger charge is 2.40. The number of nitrogens with one attached hydrogen (secondary N) is 1. The molecule has 1 aliphatic heterocycles. The topological polar surface area (TPSA) is 84.9 Å². The van der Waals surface area contributed by atoms with Crippen LogP contribution in [-0.2, 0) is 9.59 Å². The van der Waals surface area contributed by atoms with E-state index >= 15 is 0 Å². The Kier molecular flexibility index (Phi) is 6.83. The Morgan fingerprint density at radius 3 is 2.29 bits per heavy atom. The number of benzene rings is 3. The smallest absolute Gasteiger partial charge is 0.255 e. The van der Waals surface area contributed by atoms with Crippen molar-refractivity contribution >= 4 is 40.9 Å². The monoisotopic (exact) mass is 480 g/mol. The zero-order valence-corrected chi connectivity index (χ0v) is 19.2. The van der Waals surface area contributed by atoms with Crippen LogP contribution in [0.25, 0.3) is 0 Å². The summed E-state index contributed by atoms with van der Waals surface area (Å²) in [4.78, 5) is 39.6. The van der Waals surface area contributed by atoms with Crippen LogP contribution in [-0.4, -0.2) is 37.2 Å². The molecule has 34 heavy (non-hydrogen) atoms. The number of hydrogen-bond donors (Lipinski definition) is 1. The summed E-state index contributed by atoms with van der Waals surface area (Å²) in [5.74, 6) is -0.439. The largest absolute Gasteiger partial charge is 0.493 e. The van der Waals surface area contributed by atoms with E-state index in [1.54, 1.807) is 42.5 Å². The average Bonchev–Trinajstić information content (AvgIpc) is 3.12. The summed E-state index contributed by atoms with van der Waals surface area (Å²) in [5, 5.41) is 2.23. The van der Waals surface area contributed by atoms with Crippen molar-refractivity contribution in [1.82, 2.24) is 0 Å². The molecule has 1 aliphatic rings. The summed E-state index contributed by atoms with van der Waals surface area (Å²) in [6.45, 7) is 0. The lowest BCUT2D eigenvalue weighted by Crippen LogP contribution is -2.31. The molecule has 174 valence electrons. The van der Waals surface area contributed by atoms with E-state index in [1.165, 1.54) is 50.2 Å². The highest BCUT2D eigenvalue weighted by Crippen LogP contribution is 2.34. The number of carbonyl (C=O) groups is 3. The van der Waals surface area contributed by atoms with E-state index in [9.17, 15) is 18.8 Å². The van der Waals surface area contributed by atoms with Gasteiger partial charge in [-0.2, -0.15) is 0 Å². The second-order valence-corrected chi connectivity index (χ2v) is 8.68. The van der Waals surface area contributed by atoms with Crippen LogP contribution in [0, 0.1) is 5.82 Å². The minimum atomic E-state index is -0.579. The minimum Gasteiger partial charge on any atom is -0.493 e. The van der Waals surface area contributed by atoms with Gasteiger partial charge in [0.2, 0.25) is 11.8 Å². The SMILES string of the molecule is COc1ccc(C(=O)Nc2ccc(SC3CC(=O)N(c4ccc(F)cc4)C3=O)cc2)cc1OC. The highest BCUT2D eigenvalue weighted by molar-refractivity contribution is 8.00. The minimum absolute atomic E-state index is 0.0542. The Bertz CT molecular complexity index is 1230. The molecular formula is C25H21FN2O5S. The molecule has 3 aromatic rings. The van der Waals surface area contributed by atoms with Gasteiger partial charge in [-0.25, -0.2) is 9.29 Å². The molecule has 1 N–H and O–H groups in total. The van der Waals surface area contributed by atoms with E-state index in [2.05, 4.69) is 5.32 Å². The van der Waals surface area contributed by atoms with Crippen molar-refractivity contribution in [2.75, 3.05) is 24.4 Å². The Hall–Kier alpha value is -3.85. The summed E-state index contributed by atoms with van der Waals surface area (Å²) in [7, 11) is 3.02. The van der Waals surface area contributed by atoms with E-state index in [1.807, 2.05) is 0 Å². The molecule has 0 aliphatic carbocycles. The molecule has 9 heteroatoms. The van der Waals surface area contributed by atoms with Gasteiger partial charge in [0, 0.05) is 22.6 Å². The maximum atomic E-state index is 13.2. The van der Waals surface area contributed by atoms with Gasteiger partial charge in [0.15, 0.2) is 11.5 Å². The summed E-state index contributed by atoms with van der Waals surface area (Å²) >= 11 is 1.27. The van der Waals surface area contributed by atoms with Crippen LogP contribution in [0.2, 0.25) is 0 Å². The average molecular weight is 481 g/mol. The molecule has 3 amide bonds. The Morgan fingerprint density at radius 2 is 1.65 bits per heavy atom. The number of carbonyl (C=O) groups excluding carboxylic acids is 3. The van der Waals surface area contributed by atoms with Gasteiger partial charge in [-0.3, -0.25) is 14.4 Å². The zero-order chi connectivity index (χ0) is 24.2. The first-order valence-electron chi connectivity index (χ1n) is 10.3. The van der Waals surface area contributed by atoms with Crippen LogP contribution in [0.1, 0.15) is 16.8 Å². The Balaban J connectivity index is 1.40. The van der Waals surface area contributed by atoms with Crippen molar-refractivity contribution in [1.29, 1.82) is 0 Å². The summed E-state index contributed by atoms with van der Waals surface area (Å²) in [5.41, 5.74) is 1.34. The fraction of sp³-hybridized carbons (Fsp3) is 0.160. The van der Waals surface area contributed by atoms with Gasteiger partial charge in [0.25, 0.3) is 5.91 Å². The van der Waals surface area contributed by atoms with Gasteiger partial charge >= 0.3 is 0 Å². The number of thioether (sulfide) groups is 1. The predicted octanol–water partition coefficient (Wildman–Crippen LogP) is 4.52. The van der Waals surface area contributed by atoms with Crippen molar-refractivity contribution in [2.24, 2.45) is 0 Å². The van der Waals surface area contributed by atoms with Gasteiger partial charge in [0.05, 0.1) is 25.2 Å². The van der Waals surface area contributed by atoms with Gasteiger partial charge in [-0.15, -0.1) is 11.8 Å². The number of amides is 3. The lowest BCUT2D eigenvalue weighted by Gasteiger charge is -2.15. The number of methoxy groups -OCH3 is 2. The fourth-order valence-electron chi connectivity index (χ4n) is 3.52. The lowest BCUT2D eigenvalue weighted by molar-refractivity contribution is -0.121. The fourth-order valence-corrected chi connectivity index (χ4v) is 4.57. The second-order valence-electron chi connectivity index (χ2n) is 7.40. The Morgan fingerprint density at radius 1 is 0.971 bits per heavy atom. The molecule has 0 radical (unpaired) electrons. The number of anilines is 2. The zero-order valence-electron chi connectivity index (χ0n) is 18.4. The Labute approximate surface area is 199 Å². The van der Waals surface area contributed by atoms with Crippen molar-refractivity contribution in [2.45, 2.75) is 16.6 Å². The molecule has 0 bridgehead atoms. The van der Waals surface area contributed by atoms with E-state index in [0.717, 1.165) is 9.80 Å². The third kappa shape index (κ3) is 4.89. The molecule has 1 fully saturated rings. The van der Waals surface area contributed by atoms with Crippen LogP contribution in [0.4, 0.5) is 15.8 Å². The van der Waals surface area contributed by atoms with Gasteiger partial charge in [-0.1, -0.05) is 0 Å². The van der Waals surface area contributed by atoms with Gasteiger partial charge < -0.3 is 14.8 Å². The van der Waals surface area contributed by atoms with Crippen LogP contribution in [0.5, 0.6) is 11.5 Å². The third-order valence-electron chi connectivity index (χ3n) is 5.23. The summed E-state index contributed by atoms with van der Waals surface area (Å²) < 4.78 is 23.6. The predicted molar refractivity (Wildman–Crippen MR) is 127 cm³/mol. The van der Waals surface area contributed by atoms with Crippen molar-refractivity contribution < 1.29 is 28.2 Å². The second kappa shape index (κ2) is 9.96. The molecule has 1 atom stereocenters. The maximum Gasteiger partial charge on any atom is 0.255 e. The first kappa shape index (κ1) is 23.3. The first-order chi connectivity index (χ1) is 16.4. The van der Waals surface area contributed by atoms with Crippen molar-refractivity contribution in [3.63, 3.8) is 0 Å². The van der Waals surface area contributed by atoms with Gasteiger partial charge in [0.1, 0.15) is 5.82 Å². The van der Waals surface area contributed by atoms with Gasteiger partial charge in [-0.05, 0) is 66.7 Å². The third-order valence-corrected chi connectivity index (χ3v) is 6.42. The highest BCUT2D eigenvalue weighted by atomic mass is 32.2. The standard InChI is InChI=1S/C25H21FN2O5S/c1-32-20-12-3-15(13-21(20)33-2)24(30)27-17-6-10-19(11-7-17)34-22-14-23(29)28(25(22)31)18-8-4-16(26)5-9-18/h3-13,22H,14H2,1-2H3,(H,27,30). The van der Waals surface area contributed by atoms with Crippen molar-refractivity contribution in [3.05, 3.63) is 78.1 Å². The number of hydrogen-bond acceptors (Lipinski definition) is 6. The van der Waals surface area contributed by atoms with E-state index in [0.29, 0.717) is 28.4 Å². The summed E-state index contributed by atoms with van der Waals surface area (Å²) in [6, 6.07) is 17.1. The van der Waals surface area contributed by atoms with Crippen molar-refractivity contribution in [3.8, 4) is 11.5 Å². The number of nitrogens with zero attached hydrogens (tertiary/aromatic N) is 1. The molecule has 0 saturated carbocycles. The van der Waals surface area contributed by atoms with E-state index in [-0.39, 0.29) is 24.1 Å². The lowest BCUT2D eigenvalue weighted by atomic mass is 10.2. The van der Waals surface area contributed by atoms with Crippen LogP contribution in [0.15, 0.2) is 71.6 Å². The molecule has 7 nitrogen and oxygen atoms in total. The molecule has 0 aromatic heterocycles. The van der Waals surface area contributed by atoms with Crippen LogP contribution >= 0.6 is 11.8 Å². The quantitative estimate of drug-likeness (QED) is 0.501. The molecule has 4 rings (SSSR count). The number of ether oxygens (including phenoxy) is 2. The van der Waals surface area contributed by atoms with Crippen LogP contribution < -0.4 is 19.7 Å². The normalized spacial score (nSPS) is 15.4. The summed E-state index contributed by atoms with van der Waals surface area (Å²) in [6.07, 6.45) is 0.0542. The number of rotatable bonds is 7. The molecular weight excluding hydrogens is 459 g/mol. The van der Waals surface area contributed by atoms with Crippen LogP contribution in [0.3, 0.4) is 0 Å². The molecule has 1 heterocycles. The number of halogens is 1.